The standard InChI is InChI=1S/C14H26N4O2/c1-5-7-8-18-11(15)10(12(19)17-13(18)20)16-9-14(3,4)6-2/h16H,5-9,15H2,1-4H3,(H,17,19,20). The predicted octanol–water partition coefficient (Wildman–Crippen LogP) is 1.77. The van der Waals surface area contributed by atoms with Crippen molar-refractivity contribution in [2.24, 2.45) is 5.41 Å². The highest BCUT2D eigenvalue weighted by molar-refractivity contribution is 5.60. The maximum atomic E-state index is 11.9. The zero-order valence-corrected chi connectivity index (χ0v) is 12.9. The zero-order chi connectivity index (χ0) is 15.3. The number of aromatic amines is 1. The molecule has 1 aromatic rings. The van der Waals surface area contributed by atoms with Crippen LogP contribution in [0.4, 0.5) is 11.5 Å². The number of nitrogens with two attached hydrogens (primary N) is 1. The van der Waals surface area contributed by atoms with Crippen LogP contribution in [-0.2, 0) is 6.54 Å². The van der Waals surface area contributed by atoms with Gasteiger partial charge < -0.3 is 11.1 Å². The summed E-state index contributed by atoms with van der Waals surface area (Å²) in [5, 5.41) is 3.09. The van der Waals surface area contributed by atoms with Crippen LogP contribution in [0.2, 0.25) is 0 Å². The van der Waals surface area contributed by atoms with Gasteiger partial charge in [-0.15, -0.1) is 0 Å². The third-order valence-corrected chi connectivity index (χ3v) is 3.68. The number of rotatable bonds is 7. The topological polar surface area (TPSA) is 92.9 Å². The van der Waals surface area contributed by atoms with E-state index in [0.717, 1.165) is 19.3 Å². The van der Waals surface area contributed by atoms with E-state index in [4.69, 9.17) is 5.73 Å². The smallest absolute Gasteiger partial charge is 0.330 e. The number of aromatic nitrogens is 2. The Hall–Kier alpha value is -1.72. The summed E-state index contributed by atoms with van der Waals surface area (Å²) >= 11 is 0. The Morgan fingerprint density at radius 2 is 1.95 bits per heavy atom. The van der Waals surface area contributed by atoms with Gasteiger partial charge in [0.05, 0.1) is 0 Å². The van der Waals surface area contributed by atoms with E-state index in [1.165, 1.54) is 4.57 Å². The molecule has 0 fully saturated rings. The molecule has 1 aromatic heterocycles. The molecule has 0 aliphatic rings. The molecule has 20 heavy (non-hydrogen) atoms. The van der Waals surface area contributed by atoms with E-state index >= 15 is 0 Å². The Bertz CT molecular complexity index is 557. The quantitative estimate of drug-likeness (QED) is 0.710. The Morgan fingerprint density at radius 3 is 2.50 bits per heavy atom. The lowest BCUT2D eigenvalue weighted by Gasteiger charge is -2.24. The van der Waals surface area contributed by atoms with Crippen LogP contribution in [0.15, 0.2) is 9.59 Å². The van der Waals surface area contributed by atoms with Crippen molar-refractivity contribution in [1.29, 1.82) is 0 Å². The van der Waals surface area contributed by atoms with Gasteiger partial charge in [0.2, 0.25) is 0 Å². The minimum atomic E-state index is -0.452. The van der Waals surface area contributed by atoms with Gasteiger partial charge in [-0.05, 0) is 18.3 Å². The van der Waals surface area contributed by atoms with E-state index in [1.807, 2.05) is 6.92 Å². The largest absolute Gasteiger partial charge is 0.383 e. The molecule has 0 atom stereocenters. The molecule has 0 saturated heterocycles. The van der Waals surface area contributed by atoms with Gasteiger partial charge in [-0.25, -0.2) is 4.79 Å². The minimum Gasteiger partial charge on any atom is -0.383 e. The van der Waals surface area contributed by atoms with Crippen molar-refractivity contribution in [3.05, 3.63) is 20.8 Å². The number of nitrogens with zero attached hydrogens (tertiary/aromatic N) is 1. The average Bonchev–Trinajstić information content (AvgIpc) is 2.38. The summed E-state index contributed by atoms with van der Waals surface area (Å²) < 4.78 is 1.42. The van der Waals surface area contributed by atoms with Crippen molar-refractivity contribution in [3.8, 4) is 0 Å². The summed E-state index contributed by atoms with van der Waals surface area (Å²) in [6, 6.07) is 0. The summed E-state index contributed by atoms with van der Waals surface area (Å²) in [5.74, 6) is 0.221. The lowest BCUT2D eigenvalue weighted by molar-refractivity contribution is 0.377. The monoisotopic (exact) mass is 282 g/mol. The molecule has 0 aliphatic heterocycles. The lowest BCUT2D eigenvalue weighted by Crippen LogP contribution is -2.35. The first kappa shape index (κ1) is 16.3. The van der Waals surface area contributed by atoms with Crippen molar-refractivity contribution < 1.29 is 0 Å². The Labute approximate surface area is 119 Å². The summed E-state index contributed by atoms with van der Waals surface area (Å²) in [7, 11) is 0. The summed E-state index contributed by atoms with van der Waals surface area (Å²) in [6.45, 7) is 9.49. The maximum Gasteiger partial charge on any atom is 0.330 e. The third-order valence-electron chi connectivity index (χ3n) is 3.68. The molecule has 1 rings (SSSR count). The first-order valence-electron chi connectivity index (χ1n) is 7.19. The van der Waals surface area contributed by atoms with Gasteiger partial charge in [-0.1, -0.05) is 34.1 Å². The van der Waals surface area contributed by atoms with Crippen molar-refractivity contribution in [2.45, 2.75) is 53.5 Å². The van der Waals surface area contributed by atoms with E-state index in [1.54, 1.807) is 0 Å². The van der Waals surface area contributed by atoms with Crippen molar-refractivity contribution in [1.82, 2.24) is 9.55 Å². The number of anilines is 2. The fourth-order valence-electron chi connectivity index (χ4n) is 1.75. The number of unbranched alkanes of at least 4 members (excludes halogenated alkanes) is 1. The van der Waals surface area contributed by atoms with Gasteiger partial charge in [0.25, 0.3) is 5.56 Å². The van der Waals surface area contributed by atoms with Gasteiger partial charge in [0.1, 0.15) is 11.5 Å². The Kier molecular flexibility index (Phi) is 5.42. The lowest BCUT2D eigenvalue weighted by atomic mass is 9.90. The highest BCUT2D eigenvalue weighted by Crippen LogP contribution is 2.21. The summed E-state index contributed by atoms with van der Waals surface area (Å²) in [4.78, 5) is 26.0. The molecule has 6 heteroatoms. The molecule has 0 bridgehead atoms. The van der Waals surface area contributed by atoms with Gasteiger partial charge >= 0.3 is 5.69 Å². The molecule has 0 unspecified atom stereocenters. The second-order valence-electron chi connectivity index (χ2n) is 5.90. The first-order chi connectivity index (χ1) is 9.32. The van der Waals surface area contributed by atoms with Crippen molar-refractivity contribution in [3.63, 3.8) is 0 Å². The normalized spacial score (nSPS) is 11.6. The highest BCUT2D eigenvalue weighted by Gasteiger charge is 2.18. The van der Waals surface area contributed by atoms with E-state index in [-0.39, 0.29) is 11.2 Å². The number of hydrogen-bond acceptors (Lipinski definition) is 4. The fourth-order valence-corrected chi connectivity index (χ4v) is 1.75. The second-order valence-corrected chi connectivity index (χ2v) is 5.90. The summed E-state index contributed by atoms with van der Waals surface area (Å²) in [6.07, 6.45) is 2.78. The molecule has 0 aliphatic carbocycles. The van der Waals surface area contributed by atoms with Gasteiger partial charge in [0, 0.05) is 13.1 Å². The molecule has 6 nitrogen and oxygen atoms in total. The van der Waals surface area contributed by atoms with Gasteiger partial charge in [-0.2, -0.15) is 0 Å². The molecular formula is C14H26N4O2. The van der Waals surface area contributed by atoms with Crippen LogP contribution in [0.3, 0.4) is 0 Å². The van der Waals surface area contributed by atoms with E-state index in [2.05, 4.69) is 31.1 Å². The van der Waals surface area contributed by atoms with Crippen LogP contribution in [0.1, 0.15) is 47.0 Å². The molecule has 0 spiro atoms. The van der Waals surface area contributed by atoms with Crippen LogP contribution < -0.4 is 22.3 Å². The van der Waals surface area contributed by atoms with Gasteiger partial charge in [-0.3, -0.25) is 14.3 Å². The Balaban J connectivity index is 3.07. The molecule has 114 valence electrons. The molecule has 4 N–H and O–H groups in total. The van der Waals surface area contributed by atoms with Crippen LogP contribution in [0.5, 0.6) is 0 Å². The van der Waals surface area contributed by atoms with Crippen molar-refractivity contribution in [2.75, 3.05) is 17.6 Å². The molecule has 0 radical (unpaired) electrons. The predicted molar refractivity (Wildman–Crippen MR) is 83.2 cm³/mol. The van der Waals surface area contributed by atoms with Gasteiger partial charge in [0.15, 0.2) is 0 Å². The van der Waals surface area contributed by atoms with Crippen LogP contribution in [0.25, 0.3) is 0 Å². The molecule has 0 saturated carbocycles. The number of hydrogen-bond donors (Lipinski definition) is 3. The third kappa shape index (κ3) is 3.88. The van der Waals surface area contributed by atoms with Crippen LogP contribution in [-0.4, -0.2) is 16.1 Å². The summed E-state index contributed by atoms with van der Waals surface area (Å²) in [5.41, 5.74) is 5.43. The highest BCUT2D eigenvalue weighted by atomic mass is 16.2. The SMILES string of the molecule is CCCCn1c(N)c(NCC(C)(C)CC)c(=O)[nH]c1=O. The zero-order valence-electron chi connectivity index (χ0n) is 12.9. The second kappa shape index (κ2) is 6.63. The van der Waals surface area contributed by atoms with Crippen LogP contribution >= 0.6 is 0 Å². The fraction of sp³-hybridized carbons (Fsp3) is 0.714. The number of nitrogen functional groups attached to an aromatic ring is 1. The van der Waals surface area contributed by atoms with Crippen LogP contribution in [0, 0.1) is 5.41 Å². The average molecular weight is 282 g/mol. The van der Waals surface area contributed by atoms with E-state index in [0.29, 0.717) is 18.8 Å². The van der Waals surface area contributed by atoms with Crippen molar-refractivity contribution >= 4 is 11.5 Å². The van der Waals surface area contributed by atoms with E-state index < -0.39 is 11.2 Å². The molecular weight excluding hydrogens is 256 g/mol. The van der Waals surface area contributed by atoms with E-state index in [9.17, 15) is 9.59 Å². The first-order valence-corrected chi connectivity index (χ1v) is 7.19. The molecule has 1 heterocycles. The maximum absolute atomic E-state index is 11.9. The number of nitrogens with one attached hydrogen (secondary N) is 2. The molecule has 0 aromatic carbocycles. The molecule has 0 amide bonds. The minimum absolute atomic E-state index is 0.0588. The number of H-pyrrole nitrogens is 1. The Morgan fingerprint density at radius 1 is 1.30 bits per heavy atom.